The molecule has 0 spiro atoms. The van der Waals surface area contributed by atoms with Crippen LogP contribution in [0.5, 0.6) is 11.5 Å². The van der Waals surface area contributed by atoms with Crippen molar-refractivity contribution >= 4 is 39.1 Å². The normalized spacial score (nSPS) is 17.6. The van der Waals surface area contributed by atoms with Gasteiger partial charge in [-0.05, 0) is 84.8 Å². The Morgan fingerprint density at radius 3 is 2.26 bits per heavy atom. The van der Waals surface area contributed by atoms with E-state index < -0.39 is 5.92 Å². The van der Waals surface area contributed by atoms with Gasteiger partial charge in [0.05, 0.1) is 11.6 Å². The number of Topliss-reactive ketones (excluding diaryl/α,β-unsaturated/α-hetero) is 2. The minimum Gasteiger partial charge on any atom is -0.493 e. The number of anilines is 1. The van der Waals surface area contributed by atoms with Crippen molar-refractivity contribution in [2.24, 2.45) is 0 Å². The smallest absolute Gasteiger partial charge is 0.262 e. The van der Waals surface area contributed by atoms with Crippen molar-refractivity contribution in [2.45, 2.75) is 58.3 Å². The molecule has 38 heavy (non-hydrogen) atoms. The zero-order chi connectivity index (χ0) is 27.0. The molecule has 2 aromatic carbocycles. The van der Waals surface area contributed by atoms with Crippen molar-refractivity contribution < 1.29 is 23.9 Å². The number of halogens is 1. The standard InChI is InChI=1S/C30H31BrN2O5/c1-16-10-11-20(17(2)12-16)33-26(36)15-38-30-19(31)13-18(14-25(30)37-3)27-28-21(6-4-8-23(28)34)32-22-7-5-9-24(35)29(22)27/h10-14,27,32H,4-9,15H2,1-3H3,(H,33,36). The molecule has 1 amide bonds. The number of rotatable bonds is 6. The number of dihydropyridines is 1. The van der Waals surface area contributed by atoms with Crippen molar-refractivity contribution in [1.29, 1.82) is 0 Å². The summed E-state index contributed by atoms with van der Waals surface area (Å²) in [7, 11) is 1.53. The van der Waals surface area contributed by atoms with Gasteiger partial charge in [0.25, 0.3) is 5.91 Å². The largest absolute Gasteiger partial charge is 0.493 e. The van der Waals surface area contributed by atoms with Crippen LogP contribution in [0.25, 0.3) is 0 Å². The molecule has 2 N–H and O–H groups in total. The molecule has 0 unspecified atom stereocenters. The van der Waals surface area contributed by atoms with Gasteiger partial charge in [-0.15, -0.1) is 0 Å². The highest BCUT2D eigenvalue weighted by atomic mass is 79.9. The number of benzene rings is 2. The van der Waals surface area contributed by atoms with Crippen LogP contribution in [0.4, 0.5) is 5.69 Å². The van der Waals surface area contributed by atoms with Crippen molar-refractivity contribution in [2.75, 3.05) is 19.0 Å². The second-order valence-corrected chi connectivity index (χ2v) is 10.9. The fraction of sp³-hybridized carbons (Fsp3) is 0.367. The van der Waals surface area contributed by atoms with Gasteiger partial charge in [-0.2, -0.15) is 0 Å². The SMILES string of the molecule is COc1cc(C2C3=C(CCCC3=O)NC3=C2C(=O)CCC3)cc(Br)c1OCC(=O)Nc1ccc(C)cc1C. The molecule has 8 heteroatoms. The molecule has 1 aliphatic heterocycles. The summed E-state index contributed by atoms with van der Waals surface area (Å²) in [6, 6.07) is 9.51. The molecule has 2 aromatic rings. The first kappa shape index (κ1) is 26.2. The van der Waals surface area contributed by atoms with E-state index in [2.05, 4.69) is 26.6 Å². The van der Waals surface area contributed by atoms with Crippen LogP contribution in [0.3, 0.4) is 0 Å². The van der Waals surface area contributed by atoms with Crippen molar-refractivity contribution in [3.8, 4) is 11.5 Å². The van der Waals surface area contributed by atoms with Crippen LogP contribution < -0.4 is 20.1 Å². The van der Waals surface area contributed by atoms with Crippen LogP contribution in [0.2, 0.25) is 0 Å². The van der Waals surface area contributed by atoms with Gasteiger partial charge >= 0.3 is 0 Å². The van der Waals surface area contributed by atoms with Crippen LogP contribution in [-0.4, -0.2) is 31.2 Å². The predicted molar refractivity (Wildman–Crippen MR) is 148 cm³/mol. The molecule has 0 atom stereocenters. The van der Waals surface area contributed by atoms with Crippen molar-refractivity contribution in [3.05, 3.63) is 74.0 Å². The number of amides is 1. The van der Waals surface area contributed by atoms with E-state index in [0.717, 1.165) is 59.5 Å². The summed E-state index contributed by atoms with van der Waals surface area (Å²) in [6.45, 7) is 3.73. The van der Waals surface area contributed by atoms with E-state index in [1.165, 1.54) is 7.11 Å². The molecular weight excluding hydrogens is 548 g/mol. The molecular formula is C30H31BrN2O5. The Balaban J connectivity index is 1.44. The highest BCUT2D eigenvalue weighted by Crippen LogP contribution is 2.48. The first-order chi connectivity index (χ1) is 18.3. The summed E-state index contributed by atoms with van der Waals surface area (Å²) in [4.78, 5) is 38.9. The lowest BCUT2D eigenvalue weighted by atomic mass is 9.71. The van der Waals surface area contributed by atoms with Gasteiger partial charge in [0, 0.05) is 47.0 Å². The van der Waals surface area contributed by atoms with Crippen LogP contribution in [0, 0.1) is 13.8 Å². The number of carbonyl (C=O) groups excluding carboxylic acids is 3. The number of allylic oxidation sites excluding steroid dienone is 4. The molecule has 0 saturated heterocycles. The molecule has 1 heterocycles. The third-order valence-electron chi connectivity index (χ3n) is 7.38. The Morgan fingerprint density at radius 2 is 1.66 bits per heavy atom. The van der Waals surface area contributed by atoms with Crippen molar-refractivity contribution in [3.63, 3.8) is 0 Å². The van der Waals surface area contributed by atoms with Gasteiger partial charge in [-0.25, -0.2) is 0 Å². The maximum Gasteiger partial charge on any atom is 0.262 e. The number of hydrogen-bond donors (Lipinski definition) is 2. The minimum absolute atomic E-state index is 0.0761. The Labute approximate surface area is 230 Å². The van der Waals surface area contributed by atoms with Crippen LogP contribution in [0.15, 0.2) is 57.3 Å². The zero-order valence-electron chi connectivity index (χ0n) is 21.8. The second kappa shape index (κ2) is 10.8. The third kappa shape index (κ3) is 5.01. The van der Waals surface area contributed by atoms with Gasteiger partial charge in [0.2, 0.25) is 0 Å². The molecule has 3 aliphatic rings. The third-order valence-corrected chi connectivity index (χ3v) is 7.97. The molecule has 0 radical (unpaired) electrons. The molecule has 7 nitrogen and oxygen atoms in total. The van der Waals surface area contributed by atoms with E-state index in [1.807, 2.05) is 44.2 Å². The minimum atomic E-state index is -0.450. The number of hydrogen-bond acceptors (Lipinski definition) is 6. The second-order valence-electron chi connectivity index (χ2n) is 10.1. The Kier molecular flexibility index (Phi) is 7.43. The topological polar surface area (TPSA) is 93.7 Å². The first-order valence-corrected chi connectivity index (χ1v) is 13.7. The van der Waals surface area contributed by atoms with E-state index >= 15 is 0 Å². The lowest BCUT2D eigenvalue weighted by molar-refractivity contribution is -0.118. The first-order valence-electron chi connectivity index (χ1n) is 12.9. The zero-order valence-corrected chi connectivity index (χ0v) is 23.4. The Hall–Kier alpha value is -3.39. The van der Waals surface area contributed by atoms with Gasteiger partial charge in [-0.1, -0.05) is 17.7 Å². The van der Waals surface area contributed by atoms with E-state index in [4.69, 9.17) is 9.47 Å². The fourth-order valence-electron chi connectivity index (χ4n) is 5.64. The van der Waals surface area contributed by atoms with Gasteiger partial charge in [0.1, 0.15) is 0 Å². The number of ether oxygens (including phenoxy) is 2. The molecule has 0 saturated carbocycles. The summed E-state index contributed by atoms with van der Waals surface area (Å²) >= 11 is 3.59. The number of methoxy groups -OCH3 is 1. The Bertz CT molecular complexity index is 1370. The summed E-state index contributed by atoms with van der Waals surface area (Å²) in [6.07, 6.45) is 4.14. The van der Waals surface area contributed by atoms with Crippen LogP contribution in [0.1, 0.15) is 61.1 Å². The highest BCUT2D eigenvalue weighted by molar-refractivity contribution is 9.10. The maximum atomic E-state index is 13.1. The summed E-state index contributed by atoms with van der Waals surface area (Å²) in [5.41, 5.74) is 6.83. The Morgan fingerprint density at radius 1 is 1.00 bits per heavy atom. The maximum absolute atomic E-state index is 13.1. The molecule has 198 valence electrons. The van der Waals surface area contributed by atoms with Gasteiger partial charge in [-0.3, -0.25) is 14.4 Å². The van der Waals surface area contributed by atoms with E-state index in [9.17, 15) is 14.4 Å². The van der Waals surface area contributed by atoms with Crippen molar-refractivity contribution in [1.82, 2.24) is 5.32 Å². The monoisotopic (exact) mass is 578 g/mol. The number of nitrogens with one attached hydrogen (secondary N) is 2. The molecule has 2 aliphatic carbocycles. The number of carbonyl (C=O) groups is 3. The quantitative estimate of drug-likeness (QED) is 0.450. The summed E-state index contributed by atoms with van der Waals surface area (Å²) < 4.78 is 12.1. The average molecular weight is 579 g/mol. The van der Waals surface area contributed by atoms with Gasteiger partial charge < -0.3 is 20.1 Å². The number of aryl methyl sites for hydroxylation is 2. The predicted octanol–water partition coefficient (Wildman–Crippen LogP) is 5.79. The van der Waals surface area contributed by atoms with Crippen LogP contribution in [-0.2, 0) is 14.4 Å². The molecule has 0 bridgehead atoms. The molecule has 0 aromatic heterocycles. The number of ketones is 2. The molecule has 0 fully saturated rings. The van der Waals surface area contributed by atoms with E-state index in [-0.39, 0.29) is 24.1 Å². The van der Waals surface area contributed by atoms with E-state index in [0.29, 0.717) is 40.0 Å². The van der Waals surface area contributed by atoms with E-state index in [1.54, 1.807) is 0 Å². The van der Waals surface area contributed by atoms with Gasteiger partial charge in [0.15, 0.2) is 29.7 Å². The highest BCUT2D eigenvalue weighted by Gasteiger charge is 2.40. The molecule has 5 rings (SSSR count). The lowest BCUT2D eigenvalue weighted by Crippen LogP contribution is -2.36. The summed E-state index contributed by atoms with van der Waals surface area (Å²) in [5.74, 6) is 0.212. The fourth-order valence-corrected chi connectivity index (χ4v) is 6.22. The van der Waals surface area contributed by atoms with Crippen LogP contribution >= 0.6 is 15.9 Å². The summed E-state index contributed by atoms with van der Waals surface area (Å²) in [5, 5.41) is 6.32. The average Bonchev–Trinajstić information content (AvgIpc) is 2.88. The lowest BCUT2D eigenvalue weighted by Gasteiger charge is -2.37.